The van der Waals surface area contributed by atoms with Gasteiger partial charge in [-0.3, -0.25) is 10.1 Å². The number of aromatic nitrogens is 1. The van der Waals surface area contributed by atoms with Crippen LogP contribution in [0.3, 0.4) is 0 Å². The van der Waals surface area contributed by atoms with Gasteiger partial charge >= 0.3 is 0 Å². The summed E-state index contributed by atoms with van der Waals surface area (Å²) in [5.41, 5.74) is 3.04. The Balaban J connectivity index is 1.79. The Labute approximate surface area is 149 Å². The van der Waals surface area contributed by atoms with Gasteiger partial charge in [0, 0.05) is 23.1 Å². The van der Waals surface area contributed by atoms with Crippen LogP contribution in [0.25, 0.3) is 11.3 Å². The number of thiazole rings is 1. The molecule has 3 aromatic rings. The zero-order valence-corrected chi connectivity index (χ0v) is 14.7. The summed E-state index contributed by atoms with van der Waals surface area (Å²) in [6.45, 7) is 2.37. The second-order valence-electron chi connectivity index (χ2n) is 5.52. The van der Waals surface area contributed by atoms with E-state index in [2.05, 4.69) is 10.3 Å². The normalized spacial score (nSPS) is 10.7. The number of benzene rings is 2. The molecule has 0 aliphatic carbocycles. The quantitative estimate of drug-likeness (QED) is 0.723. The molecule has 0 radical (unpaired) electrons. The van der Waals surface area contributed by atoms with Crippen LogP contribution in [-0.2, 0) is 11.3 Å². The lowest BCUT2D eigenvalue weighted by atomic mass is 10.1. The van der Waals surface area contributed by atoms with Crippen LogP contribution in [0.5, 0.6) is 0 Å². The molecule has 2 aromatic carbocycles. The first-order valence-corrected chi connectivity index (χ1v) is 8.51. The van der Waals surface area contributed by atoms with Crippen molar-refractivity contribution in [1.82, 2.24) is 4.98 Å². The molecule has 25 heavy (non-hydrogen) atoms. The van der Waals surface area contributed by atoms with E-state index in [0.29, 0.717) is 17.3 Å². The molecule has 0 saturated carbocycles. The van der Waals surface area contributed by atoms with E-state index in [-0.39, 0.29) is 11.7 Å². The Bertz CT molecular complexity index is 891. The van der Waals surface area contributed by atoms with Crippen molar-refractivity contribution < 1.29 is 13.9 Å². The summed E-state index contributed by atoms with van der Waals surface area (Å²) < 4.78 is 18.2. The van der Waals surface area contributed by atoms with Gasteiger partial charge in [0.25, 0.3) is 5.91 Å². The van der Waals surface area contributed by atoms with E-state index in [1.54, 1.807) is 31.4 Å². The number of carbonyl (C=O) groups excluding carboxylic acids is 1. The number of nitrogens with zero attached hydrogens (tertiary/aromatic N) is 1. The largest absolute Gasteiger partial charge is 0.380 e. The molecule has 0 saturated heterocycles. The van der Waals surface area contributed by atoms with Crippen LogP contribution < -0.4 is 5.32 Å². The fourth-order valence-electron chi connectivity index (χ4n) is 2.46. The number of aryl methyl sites for hydroxylation is 1. The molecule has 4 nitrogen and oxygen atoms in total. The molecule has 1 N–H and O–H groups in total. The molecule has 1 heterocycles. The van der Waals surface area contributed by atoms with Crippen LogP contribution in [0.15, 0.2) is 48.5 Å². The van der Waals surface area contributed by atoms with Gasteiger partial charge in [-0.05, 0) is 48.9 Å². The molecule has 1 amide bonds. The van der Waals surface area contributed by atoms with Gasteiger partial charge in [-0.15, -0.1) is 11.3 Å². The molecule has 0 spiro atoms. The van der Waals surface area contributed by atoms with Gasteiger partial charge in [0.05, 0.1) is 12.3 Å². The Hall–Kier alpha value is -2.57. The molecule has 1 aromatic heterocycles. The summed E-state index contributed by atoms with van der Waals surface area (Å²) in [7, 11) is 1.61. The minimum atomic E-state index is -0.291. The second-order valence-corrected chi connectivity index (χ2v) is 6.72. The van der Waals surface area contributed by atoms with Crippen LogP contribution in [0.2, 0.25) is 0 Å². The van der Waals surface area contributed by atoms with Gasteiger partial charge in [-0.1, -0.05) is 12.1 Å². The Kier molecular flexibility index (Phi) is 5.21. The number of methoxy groups -OCH3 is 1. The summed E-state index contributed by atoms with van der Waals surface area (Å²) in [5, 5.41) is 3.34. The number of nitrogens with one attached hydrogen (secondary N) is 1. The molecule has 0 atom stereocenters. The predicted octanol–water partition coefficient (Wildman–Crippen LogP) is 4.66. The van der Waals surface area contributed by atoms with E-state index in [0.717, 1.165) is 21.7 Å². The topological polar surface area (TPSA) is 51.2 Å². The van der Waals surface area contributed by atoms with Crippen molar-refractivity contribution >= 4 is 22.4 Å². The van der Waals surface area contributed by atoms with Crippen molar-refractivity contribution in [2.75, 3.05) is 12.4 Å². The third-order valence-corrected chi connectivity index (χ3v) is 4.52. The fraction of sp³-hybridized carbons (Fsp3) is 0.158. The van der Waals surface area contributed by atoms with Crippen molar-refractivity contribution in [3.8, 4) is 11.3 Å². The summed E-state index contributed by atoms with van der Waals surface area (Å²) in [4.78, 5) is 17.9. The molecule has 3 rings (SSSR count). The van der Waals surface area contributed by atoms with E-state index in [1.807, 2.05) is 19.1 Å². The number of carbonyl (C=O) groups is 1. The molecular formula is C19H17FN2O2S. The maximum absolute atomic E-state index is 13.1. The zero-order valence-electron chi connectivity index (χ0n) is 13.9. The van der Waals surface area contributed by atoms with Gasteiger partial charge < -0.3 is 4.74 Å². The lowest BCUT2D eigenvalue weighted by Gasteiger charge is -2.04. The first kappa shape index (κ1) is 17.3. The van der Waals surface area contributed by atoms with Gasteiger partial charge in [-0.2, -0.15) is 0 Å². The van der Waals surface area contributed by atoms with Crippen molar-refractivity contribution in [2.45, 2.75) is 13.5 Å². The number of amides is 1. The fourth-order valence-corrected chi connectivity index (χ4v) is 3.29. The molecule has 0 fully saturated rings. The van der Waals surface area contributed by atoms with Crippen molar-refractivity contribution in [1.29, 1.82) is 0 Å². The maximum Gasteiger partial charge on any atom is 0.257 e. The summed E-state index contributed by atoms with van der Waals surface area (Å²) in [5.74, 6) is -0.515. The maximum atomic E-state index is 13.1. The molecule has 0 unspecified atom stereocenters. The average Bonchev–Trinajstić information content (AvgIpc) is 2.96. The molecular weight excluding hydrogens is 339 g/mol. The first-order valence-electron chi connectivity index (χ1n) is 7.69. The van der Waals surface area contributed by atoms with Crippen LogP contribution in [0, 0.1) is 12.7 Å². The average molecular weight is 356 g/mol. The minimum Gasteiger partial charge on any atom is -0.380 e. The predicted molar refractivity (Wildman–Crippen MR) is 97.4 cm³/mol. The Morgan fingerprint density at radius 1 is 1.24 bits per heavy atom. The van der Waals surface area contributed by atoms with Crippen molar-refractivity contribution in [3.63, 3.8) is 0 Å². The number of rotatable bonds is 5. The number of anilines is 1. The Morgan fingerprint density at radius 2 is 2.00 bits per heavy atom. The summed E-state index contributed by atoms with van der Waals surface area (Å²) >= 11 is 1.39. The second kappa shape index (κ2) is 7.55. The van der Waals surface area contributed by atoms with Crippen LogP contribution >= 0.6 is 11.3 Å². The van der Waals surface area contributed by atoms with Crippen LogP contribution in [-0.4, -0.2) is 18.0 Å². The van der Waals surface area contributed by atoms with E-state index < -0.39 is 0 Å². The van der Waals surface area contributed by atoms with Crippen LogP contribution in [0.4, 0.5) is 9.52 Å². The number of hydrogen-bond acceptors (Lipinski definition) is 4. The summed E-state index contributed by atoms with van der Waals surface area (Å²) in [6.07, 6.45) is 0. The summed E-state index contributed by atoms with van der Waals surface area (Å²) in [6, 6.07) is 13.4. The van der Waals surface area contributed by atoms with Gasteiger partial charge in [0.15, 0.2) is 5.13 Å². The lowest BCUT2D eigenvalue weighted by molar-refractivity contribution is 0.102. The minimum absolute atomic E-state index is 0.225. The van der Waals surface area contributed by atoms with Gasteiger partial charge in [0.2, 0.25) is 0 Å². The lowest BCUT2D eigenvalue weighted by Crippen LogP contribution is -2.12. The van der Waals surface area contributed by atoms with Crippen molar-refractivity contribution in [3.05, 3.63) is 70.4 Å². The third kappa shape index (κ3) is 4.10. The highest BCUT2D eigenvalue weighted by Gasteiger charge is 2.13. The highest BCUT2D eigenvalue weighted by molar-refractivity contribution is 7.16. The molecule has 0 bridgehead atoms. The van der Waals surface area contributed by atoms with Gasteiger partial charge in [-0.25, -0.2) is 9.37 Å². The highest BCUT2D eigenvalue weighted by atomic mass is 32.1. The SMILES string of the molecule is COCc1cccc(C(=O)Nc2nc(-c3ccc(F)cc3)c(C)s2)c1. The van der Waals surface area contributed by atoms with Crippen LogP contribution in [0.1, 0.15) is 20.8 Å². The monoisotopic (exact) mass is 356 g/mol. The standard InChI is InChI=1S/C19H17FN2O2S/c1-12-17(14-6-8-16(20)9-7-14)21-19(25-12)22-18(23)15-5-3-4-13(10-15)11-24-2/h3-10H,11H2,1-2H3,(H,21,22,23). The molecule has 6 heteroatoms. The van der Waals surface area contributed by atoms with E-state index >= 15 is 0 Å². The number of hydrogen-bond donors (Lipinski definition) is 1. The molecule has 0 aliphatic heterocycles. The van der Waals surface area contributed by atoms with E-state index in [9.17, 15) is 9.18 Å². The highest BCUT2D eigenvalue weighted by Crippen LogP contribution is 2.30. The molecule has 128 valence electrons. The van der Waals surface area contributed by atoms with E-state index in [1.165, 1.54) is 23.5 Å². The number of halogens is 1. The van der Waals surface area contributed by atoms with Crippen molar-refractivity contribution in [2.24, 2.45) is 0 Å². The Morgan fingerprint density at radius 3 is 2.72 bits per heavy atom. The zero-order chi connectivity index (χ0) is 17.8. The molecule has 0 aliphatic rings. The van der Waals surface area contributed by atoms with E-state index in [4.69, 9.17) is 4.74 Å². The first-order chi connectivity index (χ1) is 12.1. The van der Waals surface area contributed by atoms with Gasteiger partial charge in [0.1, 0.15) is 5.82 Å². The third-order valence-electron chi connectivity index (χ3n) is 3.63. The number of ether oxygens (including phenoxy) is 1. The smallest absolute Gasteiger partial charge is 0.257 e.